The van der Waals surface area contributed by atoms with Gasteiger partial charge in [0.05, 0.1) is 19.1 Å². The molecule has 2 rings (SSSR count). The van der Waals surface area contributed by atoms with Crippen molar-refractivity contribution in [2.24, 2.45) is 0 Å². The van der Waals surface area contributed by atoms with E-state index in [0.29, 0.717) is 17.9 Å². The van der Waals surface area contributed by atoms with Gasteiger partial charge in [-0.3, -0.25) is 4.40 Å². The summed E-state index contributed by atoms with van der Waals surface area (Å²) < 4.78 is 1.85. The van der Waals surface area contributed by atoms with Gasteiger partial charge in [0.2, 0.25) is 0 Å². The molecule has 19 heavy (non-hydrogen) atoms. The van der Waals surface area contributed by atoms with Crippen LogP contribution in [0, 0.1) is 6.92 Å². The number of aromatic nitrogens is 2. The Morgan fingerprint density at radius 1 is 1.42 bits per heavy atom. The average molecular weight is 261 g/mol. The minimum atomic E-state index is -1.21. The van der Waals surface area contributed by atoms with Crippen molar-refractivity contribution < 1.29 is 14.8 Å². The topological polar surface area (TPSA) is 61.9 Å². The Labute approximate surface area is 112 Å². The molecule has 0 aliphatic heterocycles. The first-order valence-corrected chi connectivity index (χ1v) is 6.59. The highest BCUT2D eigenvalue weighted by atomic mass is 16.4. The molecule has 0 amide bonds. The summed E-state index contributed by atoms with van der Waals surface area (Å²) in [7, 11) is 0. The van der Waals surface area contributed by atoms with Crippen molar-refractivity contribution in [2.75, 3.05) is 13.1 Å². The molecule has 0 radical (unpaired) electrons. The second-order valence-electron chi connectivity index (χ2n) is 4.76. The van der Waals surface area contributed by atoms with E-state index in [1.54, 1.807) is 0 Å². The molecule has 1 N–H and O–H groups in total. The molecule has 0 aromatic carbocycles. The van der Waals surface area contributed by atoms with Gasteiger partial charge in [0.15, 0.2) is 0 Å². The maximum atomic E-state index is 11.2. The number of aromatic carboxylic acids is 1. The lowest BCUT2D eigenvalue weighted by Crippen LogP contribution is -3.10. The number of nitrogens with zero attached hydrogens (tertiary/aromatic N) is 2. The lowest BCUT2D eigenvalue weighted by molar-refractivity contribution is -0.910. The molecule has 2 aromatic heterocycles. The molecule has 0 fully saturated rings. The SMILES string of the molecule is CC[NH+](CC)Cc1c(C(=O)[O-])nc2cc(C)ccn12. The summed E-state index contributed by atoms with van der Waals surface area (Å²) in [5, 5.41) is 11.2. The normalized spacial score (nSPS) is 11.4. The Morgan fingerprint density at radius 2 is 2.11 bits per heavy atom. The van der Waals surface area contributed by atoms with Gasteiger partial charge < -0.3 is 14.8 Å². The number of carbonyl (C=O) groups is 1. The molecule has 0 aliphatic carbocycles. The average Bonchev–Trinajstić information content (AvgIpc) is 2.73. The smallest absolute Gasteiger partial charge is 0.138 e. The van der Waals surface area contributed by atoms with Crippen molar-refractivity contribution >= 4 is 11.6 Å². The van der Waals surface area contributed by atoms with Crippen LogP contribution in [-0.2, 0) is 6.54 Å². The molecule has 0 saturated heterocycles. The number of carboxylic acid groups (broad SMARTS) is 1. The molecule has 0 atom stereocenters. The van der Waals surface area contributed by atoms with Crippen LogP contribution in [0.3, 0.4) is 0 Å². The third-order valence-electron chi connectivity index (χ3n) is 3.49. The molecule has 0 bridgehead atoms. The third-order valence-corrected chi connectivity index (χ3v) is 3.49. The second kappa shape index (κ2) is 5.40. The highest BCUT2D eigenvalue weighted by Crippen LogP contribution is 2.13. The fourth-order valence-electron chi connectivity index (χ4n) is 2.27. The van der Waals surface area contributed by atoms with Crippen molar-refractivity contribution in [3.8, 4) is 0 Å². The summed E-state index contributed by atoms with van der Waals surface area (Å²) >= 11 is 0. The van der Waals surface area contributed by atoms with E-state index in [0.717, 1.165) is 18.7 Å². The lowest BCUT2D eigenvalue weighted by atomic mass is 10.3. The first kappa shape index (κ1) is 13.5. The zero-order chi connectivity index (χ0) is 14.0. The van der Waals surface area contributed by atoms with Gasteiger partial charge in [0.1, 0.15) is 23.6 Å². The predicted octanol–water partition coefficient (Wildman–Crippen LogP) is -0.569. The minimum Gasteiger partial charge on any atom is -0.543 e. The van der Waals surface area contributed by atoms with Crippen molar-refractivity contribution in [3.63, 3.8) is 0 Å². The minimum absolute atomic E-state index is 0.0602. The second-order valence-corrected chi connectivity index (χ2v) is 4.76. The van der Waals surface area contributed by atoms with Crippen LogP contribution in [0.5, 0.6) is 0 Å². The van der Waals surface area contributed by atoms with E-state index < -0.39 is 5.97 Å². The van der Waals surface area contributed by atoms with Gasteiger partial charge >= 0.3 is 0 Å². The van der Waals surface area contributed by atoms with Crippen LogP contribution in [0.25, 0.3) is 5.65 Å². The van der Waals surface area contributed by atoms with Crippen molar-refractivity contribution in [3.05, 3.63) is 35.3 Å². The molecule has 5 heteroatoms. The van der Waals surface area contributed by atoms with E-state index in [2.05, 4.69) is 18.8 Å². The number of nitrogens with one attached hydrogen (secondary N) is 1. The van der Waals surface area contributed by atoms with Crippen LogP contribution in [0.4, 0.5) is 0 Å². The first-order chi connectivity index (χ1) is 9.06. The number of fused-ring (bicyclic) bond motifs is 1. The number of rotatable bonds is 5. The number of carboxylic acids is 1. The van der Waals surface area contributed by atoms with Crippen LogP contribution in [0.1, 0.15) is 35.6 Å². The standard InChI is InChI=1S/C14H19N3O2/c1-4-16(5-2)9-11-13(14(18)19)15-12-8-10(3)6-7-17(11)12/h6-8H,4-5,9H2,1-3H3,(H,18,19). The maximum Gasteiger partial charge on any atom is 0.138 e. The van der Waals surface area contributed by atoms with E-state index in [1.165, 1.54) is 4.90 Å². The Bertz CT molecular complexity index is 600. The largest absolute Gasteiger partial charge is 0.543 e. The number of hydrogen-bond donors (Lipinski definition) is 1. The van der Waals surface area contributed by atoms with E-state index in [9.17, 15) is 9.90 Å². The van der Waals surface area contributed by atoms with Gasteiger partial charge in [0.25, 0.3) is 0 Å². The summed E-state index contributed by atoms with van der Waals surface area (Å²) in [5.41, 5.74) is 2.50. The molecular formula is C14H19N3O2. The highest BCUT2D eigenvalue weighted by Gasteiger charge is 2.17. The van der Waals surface area contributed by atoms with Gasteiger partial charge in [-0.05, 0) is 38.5 Å². The zero-order valence-electron chi connectivity index (χ0n) is 11.6. The maximum absolute atomic E-state index is 11.2. The van der Waals surface area contributed by atoms with Crippen LogP contribution in [0.2, 0.25) is 0 Å². The molecule has 2 heterocycles. The number of imidazole rings is 1. The predicted molar refractivity (Wildman–Crippen MR) is 70.0 cm³/mol. The van der Waals surface area contributed by atoms with Gasteiger partial charge in [-0.25, -0.2) is 4.98 Å². The molecule has 5 nitrogen and oxygen atoms in total. The zero-order valence-corrected chi connectivity index (χ0v) is 11.6. The highest BCUT2D eigenvalue weighted by molar-refractivity contribution is 5.86. The van der Waals surface area contributed by atoms with Gasteiger partial charge in [-0.1, -0.05) is 0 Å². The third kappa shape index (κ3) is 2.61. The van der Waals surface area contributed by atoms with Gasteiger partial charge in [-0.15, -0.1) is 0 Å². The fourth-order valence-corrected chi connectivity index (χ4v) is 2.27. The van der Waals surface area contributed by atoms with Crippen molar-refractivity contribution in [1.29, 1.82) is 0 Å². The van der Waals surface area contributed by atoms with Gasteiger partial charge in [0, 0.05) is 6.20 Å². The van der Waals surface area contributed by atoms with Gasteiger partial charge in [-0.2, -0.15) is 0 Å². The number of hydrogen-bond acceptors (Lipinski definition) is 3. The van der Waals surface area contributed by atoms with E-state index in [-0.39, 0.29) is 5.69 Å². The molecule has 0 spiro atoms. The van der Waals surface area contributed by atoms with E-state index >= 15 is 0 Å². The van der Waals surface area contributed by atoms with Crippen LogP contribution < -0.4 is 10.0 Å². The summed E-state index contributed by atoms with van der Waals surface area (Å²) in [6.07, 6.45) is 1.88. The van der Waals surface area contributed by atoms with Crippen molar-refractivity contribution in [1.82, 2.24) is 9.38 Å². The molecule has 2 aromatic rings. The number of carbonyl (C=O) groups excluding carboxylic acids is 1. The summed E-state index contributed by atoms with van der Waals surface area (Å²) in [5.74, 6) is -1.21. The molecule has 102 valence electrons. The Morgan fingerprint density at radius 3 is 2.68 bits per heavy atom. The van der Waals surface area contributed by atoms with Crippen LogP contribution >= 0.6 is 0 Å². The summed E-state index contributed by atoms with van der Waals surface area (Å²) in [4.78, 5) is 16.7. The Kier molecular flexibility index (Phi) is 3.85. The molecular weight excluding hydrogens is 242 g/mol. The molecule has 0 aliphatic rings. The first-order valence-electron chi connectivity index (χ1n) is 6.59. The number of quaternary nitrogens is 1. The molecule has 0 saturated carbocycles. The fraction of sp³-hybridized carbons (Fsp3) is 0.429. The monoisotopic (exact) mass is 261 g/mol. The van der Waals surface area contributed by atoms with Crippen LogP contribution in [-0.4, -0.2) is 28.4 Å². The summed E-state index contributed by atoms with van der Waals surface area (Å²) in [6.45, 7) is 8.67. The quantitative estimate of drug-likeness (QED) is 0.784. The lowest BCUT2D eigenvalue weighted by Gasteiger charge is -2.16. The Hall–Kier alpha value is -1.88. The summed E-state index contributed by atoms with van der Waals surface area (Å²) in [6, 6.07) is 3.84. The number of aryl methyl sites for hydroxylation is 1. The van der Waals surface area contributed by atoms with Crippen LogP contribution in [0.15, 0.2) is 18.3 Å². The van der Waals surface area contributed by atoms with E-state index in [4.69, 9.17) is 0 Å². The molecule has 0 unspecified atom stereocenters. The number of pyridine rings is 1. The Balaban J connectivity index is 2.55. The van der Waals surface area contributed by atoms with Crippen molar-refractivity contribution in [2.45, 2.75) is 27.3 Å². The van der Waals surface area contributed by atoms with E-state index in [1.807, 2.05) is 29.7 Å².